The average molecular weight is 691 g/mol. The molecule has 2 aromatic carbocycles. The lowest BCUT2D eigenvalue weighted by Gasteiger charge is -2.34. The maximum absolute atomic E-state index is 14.4. The minimum absolute atomic E-state index is 0.00826. The van der Waals surface area contributed by atoms with Crippen molar-refractivity contribution in [3.63, 3.8) is 0 Å². The van der Waals surface area contributed by atoms with Crippen LogP contribution in [-0.2, 0) is 25.0 Å². The van der Waals surface area contributed by atoms with Gasteiger partial charge in [0.2, 0.25) is 0 Å². The van der Waals surface area contributed by atoms with Gasteiger partial charge in [0.15, 0.2) is 0 Å². The summed E-state index contributed by atoms with van der Waals surface area (Å²) in [6.45, 7) is 0.920. The number of rotatable bonds is 7. The van der Waals surface area contributed by atoms with E-state index in [1.54, 1.807) is 29.0 Å². The van der Waals surface area contributed by atoms with Crippen molar-refractivity contribution in [2.24, 2.45) is 5.73 Å². The number of carbonyl (C=O) groups excluding carboxylic acids is 2. The molecule has 0 atom stereocenters. The molecule has 0 unspecified atom stereocenters. The number of benzene rings is 2. The molecule has 0 radical (unpaired) electrons. The molecule has 0 spiro atoms. The van der Waals surface area contributed by atoms with Crippen molar-refractivity contribution in [1.82, 2.24) is 14.8 Å². The highest BCUT2D eigenvalue weighted by molar-refractivity contribution is 7.99. The number of H-pyrrole nitrogens is 1. The Bertz CT molecular complexity index is 1740. The molecule has 2 aliphatic heterocycles. The Morgan fingerprint density at radius 2 is 1.82 bits per heavy atom. The van der Waals surface area contributed by atoms with Crippen molar-refractivity contribution in [3.8, 4) is 5.75 Å². The molecule has 0 aliphatic carbocycles. The predicted molar refractivity (Wildman–Crippen MR) is 162 cm³/mol. The van der Waals surface area contributed by atoms with Gasteiger partial charge < -0.3 is 25.3 Å². The maximum atomic E-state index is 14.4. The van der Waals surface area contributed by atoms with Crippen LogP contribution in [0.5, 0.6) is 5.75 Å². The van der Waals surface area contributed by atoms with Crippen molar-refractivity contribution in [1.29, 1.82) is 0 Å². The minimum Gasteiger partial charge on any atom is -0.495 e. The van der Waals surface area contributed by atoms with Crippen molar-refractivity contribution in [2.45, 2.75) is 41.2 Å². The second-order valence-corrected chi connectivity index (χ2v) is 12.5. The summed E-state index contributed by atoms with van der Waals surface area (Å²) in [6, 6.07) is 5.11. The molecule has 1 aromatic heterocycles. The summed E-state index contributed by atoms with van der Waals surface area (Å²) in [7, 11) is 3.18. The van der Waals surface area contributed by atoms with Gasteiger partial charge in [-0.05, 0) is 53.4 Å². The fourth-order valence-corrected chi connectivity index (χ4v) is 7.04. The molecule has 16 heteroatoms. The number of alkyl halides is 3. The molecule has 3 heterocycles. The van der Waals surface area contributed by atoms with Crippen molar-refractivity contribution in [2.75, 3.05) is 32.1 Å². The van der Waals surface area contributed by atoms with Crippen LogP contribution in [0.15, 0.2) is 38.9 Å². The van der Waals surface area contributed by atoms with Gasteiger partial charge in [0.25, 0.3) is 11.5 Å². The smallest absolute Gasteiger partial charge is 0.362 e. The zero-order valence-electron chi connectivity index (χ0n) is 23.3. The number of nitrogens with two attached hydrogens (primary N) is 1. The highest BCUT2D eigenvalue weighted by Crippen LogP contribution is 2.44. The number of anilines is 1. The monoisotopic (exact) mass is 689 g/mol. The van der Waals surface area contributed by atoms with E-state index in [9.17, 15) is 27.6 Å². The number of halogens is 6. The number of nitrogens with one attached hydrogen (secondary N) is 1. The number of aromatic amines is 1. The van der Waals surface area contributed by atoms with E-state index in [1.165, 1.54) is 12.0 Å². The van der Waals surface area contributed by atoms with E-state index in [-0.39, 0.29) is 51.1 Å². The highest BCUT2D eigenvalue weighted by Gasteiger charge is 2.36. The number of methoxy groups -OCH3 is 1. The number of pyridine rings is 1. The van der Waals surface area contributed by atoms with Gasteiger partial charge in [-0.3, -0.25) is 14.5 Å². The Kier molecular flexibility index (Phi) is 9.07. The highest BCUT2D eigenvalue weighted by atomic mass is 35.5. The SMILES string of the molecule is COc1cc2c(cc1N1CCCN(C)C1=O)CN(C(=O)c1c(Sc3c(Cl)cc(F)c(CN)c3Cl)cc(C(F)(F)Cl)[nH]c1=O)C2. The van der Waals surface area contributed by atoms with Crippen LogP contribution in [0.2, 0.25) is 10.0 Å². The molecule has 9 nitrogen and oxygen atoms in total. The van der Waals surface area contributed by atoms with E-state index in [1.807, 2.05) is 4.98 Å². The first-order valence-corrected chi connectivity index (χ1v) is 15.1. The molecule has 234 valence electrons. The minimum atomic E-state index is -3.98. The number of amides is 3. The van der Waals surface area contributed by atoms with Gasteiger partial charge in [0.05, 0.1) is 27.7 Å². The quantitative estimate of drug-likeness (QED) is 0.288. The summed E-state index contributed by atoms with van der Waals surface area (Å²) in [6.07, 6.45) is 0.752. The molecule has 3 amide bonds. The Balaban J connectivity index is 1.54. The van der Waals surface area contributed by atoms with E-state index < -0.39 is 33.9 Å². The number of urea groups is 1. The maximum Gasteiger partial charge on any atom is 0.362 e. The Hall–Kier alpha value is -3.10. The Labute approximate surface area is 269 Å². The summed E-state index contributed by atoms with van der Waals surface area (Å²) in [5, 5.41) is -4.35. The number of fused-ring (bicyclic) bond motifs is 1. The first-order valence-electron chi connectivity index (χ1n) is 13.2. The topological polar surface area (TPSA) is 112 Å². The summed E-state index contributed by atoms with van der Waals surface area (Å²) in [5.74, 6) is -1.12. The lowest BCUT2D eigenvalue weighted by Crippen LogP contribution is -2.47. The van der Waals surface area contributed by atoms with Crippen LogP contribution in [0.25, 0.3) is 0 Å². The summed E-state index contributed by atoms with van der Waals surface area (Å²) >= 11 is 18.5. The van der Waals surface area contributed by atoms with Gasteiger partial charge in [-0.2, -0.15) is 8.78 Å². The molecule has 0 bridgehead atoms. The second kappa shape index (κ2) is 12.4. The van der Waals surface area contributed by atoms with Gasteiger partial charge in [0.1, 0.15) is 22.8 Å². The van der Waals surface area contributed by atoms with Crippen molar-refractivity contribution < 1.29 is 27.5 Å². The van der Waals surface area contributed by atoms with Gasteiger partial charge in [-0.25, -0.2) is 9.18 Å². The molecule has 2 aliphatic rings. The molecule has 1 saturated heterocycles. The Morgan fingerprint density at radius 1 is 1.14 bits per heavy atom. The first kappa shape index (κ1) is 32.3. The normalized spacial score (nSPS) is 15.2. The molecule has 44 heavy (non-hydrogen) atoms. The molecular formula is C28H25Cl3F3N5O4S. The van der Waals surface area contributed by atoms with Crippen LogP contribution in [0.3, 0.4) is 0 Å². The third-order valence-corrected chi connectivity index (χ3v) is 9.70. The Morgan fingerprint density at radius 3 is 2.45 bits per heavy atom. The fourth-order valence-electron chi connectivity index (χ4n) is 5.15. The first-order chi connectivity index (χ1) is 20.7. The molecule has 1 fully saturated rings. The van der Waals surface area contributed by atoms with Gasteiger partial charge in [-0.1, -0.05) is 35.0 Å². The molecule has 5 rings (SSSR count). The predicted octanol–water partition coefficient (Wildman–Crippen LogP) is 6.15. The zero-order chi connectivity index (χ0) is 32.1. The summed E-state index contributed by atoms with van der Waals surface area (Å²) in [4.78, 5) is 46.3. The number of nitrogens with zero attached hydrogens (tertiary/aromatic N) is 3. The van der Waals surface area contributed by atoms with Crippen LogP contribution in [0, 0.1) is 5.82 Å². The molecule has 0 saturated carbocycles. The molecule has 3 aromatic rings. The van der Waals surface area contributed by atoms with Gasteiger partial charge in [-0.15, -0.1) is 0 Å². The van der Waals surface area contributed by atoms with Crippen LogP contribution in [-0.4, -0.2) is 54.0 Å². The summed E-state index contributed by atoms with van der Waals surface area (Å²) in [5.41, 5.74) is 4.93. The number of ether oxygens (including phenoxy) is 1. The van der Waals surface area contributed by atoms with Crippen LogP contribution >= 0.6 is 46.6 Å². The van der Waals surface area contributed by atoms with E-state index >= 15 is 0 Å². The number of hydrogen-bond donors (Lipinski definition) is 2. The average Bonchev–Trinajstić information content (AvgIpc) is 3.38. The van der Waals surface area contributed by atoms with Crippen molar-refractivity contribution >= 4 is 64.2 Å². The van der Waals surface area contributed by atoms with E-state index in [4.69, 9.17) is 45.3 Å². The molecular weight excluding hydrogens is 666 g/mol. The number of carbonyl (C=O) groups is 2. The largest absolute Gasteiger partial charge is 0.495 e. The third kappa shape index (κ3) is 5.95. The van der Waals surface area contributed by atoms with Crippen LogP contribution in [0.4, 0.5) is 23.7 Å². The van der Waals surface area contributed by atoms with E-state index in [0.717, 1.165) is 18.6 Å². The van der Waals surface area contributed by atoms with Crippen LogP contribution in [0.1, 0.15) is 39.2 Å². The number of hydrogen-bond acceptors (Lipinski definition) is 6. The van der Waals surface area contributed by atoms with Gasteiger partial charge in [0, 0.05) is 50.2 Å². The third-order valence-electron chi connectivity index (χ3n) is 7.39. The lowest BCUT2D eigenvalue weighted by molar-refractivity contribution is 0.0740. The standard InChI is InChI=1S/C28H25Cl3F3N5O4S/c1-37-4-3-5-39(27(37)42)18-6-13-11-38(12-14(13)7-19(18)43-2)26(41)22-20(9-21(28(31,33)34)36-25(22)40)44-24-16(29)8-17(32)15(10-35)23(24)30/h6-9H,3-5,10-12,35H2,1-2H3,(H,36,40). The molecule has 3 N–H and O–H groups in total. The van der Waals surface area contributed by atoms with Crippen LogP contribution < -0.4 is 20.9 Å². The lowest BCUT2D eigenvalue weighted by atomic mass is 10.1. The zero-order valence-corrected chi connectivity index (χ0v) is 26.4. The number of aromatic nitrogens is 1. The van der Waals surface area contributed by atoms with Gasteiger partial charge >= 0.3 is 11.4 Å². The fraction of sp³-hybridized carbons (Fsp3) is 0.321. The van der Waals surface area contributed by atoms with E-state index in [2.05, 4.69) is 0 Å². The second-order valence-electron chi connectivity index (χ2n) is 10.2. The summed E-state index contributed by atoms with van der Waals surface area (Å²) < 4.78 is 48.2. The van der Waals surface area contributed by atoms with Crippen molar-refractivity contribution in [3.05, 3.63) is 78.4 Å². The van der Waals surface area contributed by atoms with E-state index in [0.29, 0.717) is 47.4 Å².